The second-order valence-electron chi connectivity index (χ2n) is 9.82. The molecule has 1 amide bonds. The van der Waals surface area contributed by atoms with Gasteiger partial charge in [-0.15, -0.1) is 0 Å². The summed E-state index contributed by atoms with van der Waals surface area (Å²) in [4.78, 5) is 21.3. The van der Waals surface area contributed by atoms with Gasteiger partial charge in [0, 0.05) is 29.2 Å². The van der Waals surface area contributed by atoms with Crippen molar-refractivity contribution in [2.45, 2.75) is 26.4 Å². The predicted molar refractivity (Wildman–Crippen MR) is 163 cm³/mol. The van der Waals surface area contributed by atoms with Crippen molar-refractivity contribution in [3.05, 3.63) is 143 Å². The molecule has 0 aliphatic carbocycles. The second-order valence-corrected chi connectivity index (χ2v) is 10.8. The summed E-state index contributed by atoms with van der Waals surface area (Å²) >= 11 is 1.44. The average Bonchev–Trinajstić information content (AvgIpc) is 3.46. The molecular formula is C34H29N3OS. The van der Waals surface area contributed by atoms with Gasteiger partial charge in [0.1, 0.15) is 0 Å². The number of carbonyl (C=O) groups excluding carboxylic acids is 1. The van der Waals surface area contributed by atoms with Crippen LogP contribution in [0, 0.1) is 6.92 Å². The molecule has 4 aromatic carbocycles. The lowest BCUT2D eigenvalue weighted by atomic mass is 10.1. The summed E-state index contributed by atoms with van der Waals surface area (Å²) in [5.74, 6) is -0.0263. The van der Waals surface area contributed by atoms with Crippen molar-refractivity contribution in [2.24, 2.45) is 4.99 Å². The van der Waals surface area contributed by atoms with Gasteiger partial charge in [-0.05, 0) is 61.0 Å². The van der Waals surface area contributed by atoms with Gasteiger partial charge in [-0.1, -0.05) is 96.6 Å². The monoisotopic (exact) mass is 527 g/mol. The van der Waals surface area contributed by atoms with Gasteiger partial charge < -0.3 is 4.57 Å². The first kappa shape index (κ1) is 25.0. The minimum atomic E-state index is -0.151. The Hall–Kier alpha value is -4.35. The Balaban J connectivity index is 1.41. The van der Waals surface area contributed by atoms with E-state index in [-0.39, 0.29) is 11.9 Å². The topological polar surface area (TPSA) is 37.6 Å². The number of benzene rings is 4. The van der Waals surface area contributed by atoms with Crippen molar-refractivity contribution in [1.82, 2.24) is 9.47 Å². The first-order valence-electron chi connectivity index (χ1n) is 13.1. The highest BCUT2D eigenvalue weighted by Crippen LogP contribution is 2.40. The van der Waals surface area contributed by atoms with E-state index < -0.39 is 0 Å². The number of aryl methyl sites for hydroxylation is 1. The zero-order valence-electron chi connectivity index (χ0n) is 22.0. The minimum Gasteiger partial charge on any atom is -0.342 e. The molecule has 0 saturated carbocycles. The van der Waals surface area contributed by atoms with Crippen LogP contribution in [-0.2, 0) is 11.3 Å². The van der Waals surface area contributed by atoms with Crippen molar-refractivity contribution in [2.75, 3.05) is 0 Å². The van der Waals surface area contributed by atoms with Gasteiger partial charge in [-0.25, -0.2) is 4.99 Å². The molecule has 4 nitrogen and oxygen atoms in total. The summed E-state index contributed by atoms with van der Waals surface area (Å²) in [6.45, 7) is 4.95. The zero-order chi connectivity index (χ0) is 26.8. The van der Waals surface area contributed by atoms with Crippen molar-refractivity contribution in [3.8, 4) is 0 Å². The third kappa shape index (κ3) is 5.18. The number of thioether (sulfide) groups is 1. The van der Waals surface area contributed by atoms with E-state index in [9.17, 15) is 4.79 Å². The Kier molecular flexibility index (Phi) is 6.91. The van der Waals surface area contributed by atoms with E-state index in [1.807, 2.05) is 59.5 Å². The van der Waals surface area contributed by atoms with Crippen LogP contribution in [0.4, 0.5) is 5.69 Å². The van der Waals surface area contributed by atoms with Crippen LogP contribution in [0.25, 0.3) is 17.0 Å². The fourth-order valence-corrected chi connectivity index (χ4v) is 6.13. The SMILES string of the molecule is Cc1cccc(Cn2cc(/C=C3/SC(=Nc4ccccc4)N([C@@H](C)c4ccccc4)C3=O)c3ccccc32)c1. The third-order valence-corrected chi connectivity index (χ3v) is 8.01. The van der Waals surface area contributed by atoms with Crippen LogP contribution in [-0.4, -0.2) is 20.5 Å². The van der Waals surface area contributed by atoms with Crippen LogP contribution in [0.3, 0.4) is 0 Å². The number of amides is 1. The van der Waals surface area contributed by atoms with E-state index >= 15 is 0 Å². The van der Waals surface area contributed by atoms with Crippen LogP contribution >= 0.6 is 11.8 Å². The molecule has 1 aliphatic rings. The Labute approximate surface area is 233 Å². The summed E-state index contributed by atoms with van der Waals surface area (Å²) in [5.41, 5.74) is 6.58. The molecule has 1 saturated heterocycles. The first-order chi connectivity index (χ1) is 19.1. The van der Waals surface area contributed by atoms with Gasteiger partial charge >= 0.3 is 0 Å². The van der Waals surface area contributed by atoms with Crippen molar-refractivity contribution >= 4 is 45.5 Å². The van der Waals surface area contributed by atoms with E-state index in [1.165, 1.54) is 22.9 Å². The fraction of sp³-hybridized carbons (Fsp3) is 0.118. The molecule has 5 aromatic rings. The highest BCUT2D eigenvalue weighted by atomic mass is 32.2. The smallest absolute Gasteiger partial charge is 0.267 e. The molecule has 1 aromatic heterocycles. The van der Waals surface area contributed by atoms with Crippen molar-refractivity contribution < 1.29 is 4.79 Å². The van der Waals surface area contributed by atoms with Crippen LogP contribution in [0.5, 0.6) is 0 Å². The molecular weight excluding hydrogens is 498 g/mol. The number of nitrogens with zero attached hydrogens (tertiary/aromatic N) is 3. The van der Waals surface area contributed by atoms with Gasteiger partial charge in [0.15, 0.2) is 5.17 Å². The highest BCUT2D eigenvalue weighted by Gasteiger charge is 2.37. The Morgan fingerprint density at radius 3 is 2.36 bits per heavy atom. The zero-order valence-corrected chi connectivity index (χ0v) is 22.8. The lowest BCUT2D eigenvalue weighted by Gasteiger charge is -2.24. The molecule has 0 bridgehead atoms. The van der Waals surface area contributed by atoms with Gasteiger partial charge in [0.05, 0.1) is 16.6 Å². The number of rotatable bonds is 6. The summed E-state index contributed by atoms with van der Waals surface area (Å²) in [5, 5.41) is 1.82. The van der Waals surface area contributed by atoms with Crippen LogP contribution in [0.1, 0.15) is 35.2 Å². The fourth-order valence-electron chi connectivity index (χ4n) is 5.07. The third-order valence-electron chi connectivity index (χ3n) is 7.03. The van der Waals surface area contributed by atoms with E-state index in [1.54, 1.807) is 0 Å². The quantitative estimate of drug-likeness (QED) is 0.208. The maximum Gasteiger partial charge on any atom is 0.267 e. The molecule has 39 heavy (non-hydrogen) atoms. The molecule has 2 heterocycles. The van der Waals surface area contributed by atoms with E-state index in [4.69, 9.17) is 4.99 Å². The summed E-state index contributed by atoms with van der Waals surface area (Å²) in [6, 6.07) is 36.8. The van der Waals surface area contributed by atoms with Gasteiger partial charge in [-0.3, -0.25) is 9.69 Å². The summed E-state index contributed by atoms with van der Waals surface area (Å²) in [7, 11) is 0. The van der Waals surface area contributed by atoms with E-state index in [0.29, 0.717) is 10.1 Å². The van der Waals surface area contributed by atoms with Crippen molar-refractivity contribution in [3.63, 3.8) is 0 Å². The molecule has 0 unspecified atom stereocenters. The Morgan fingerprint density at radius 1 is 0.872 bits per heavy atom. The van der Waals surface area contributed by atoms with Gasteiger partial charge in [-0.2, -0.15) is 0 Å². The number of hydrogen-bond donors (Lipinski definition) is 0. The number of carbonyl (C=O) groups is 1. The van der Waals surface area contributed by atoms with Gasteiger partial charge in [0.25, 0.3) is 5.91 Å². The molecule has 192 valence electrons. The lowest BCUT2D eigenvalue weighted by Crippen LogP contribution is -2.32. The molecule has 5 heteroatoms. The van der Waals surface area contributed by atoms with Crippen LogP contribution < -0.4 is 0 Å². The Morgan fingerprint density at radius 2 is 1.59 bits per heavy atom. The summed E-state index contributed by atoms with van der Waals surface area (Å²) in [6.07, 6.45) is 4.19. The molecule has 1 atom stereocenters. The molecule has 0 spiro atoms. The molecule has 6 rings (SSSR count). The largest absolute Gasteiger partial charge is 0.342 e. The second kappa shape index (κ2) is 10.8. The number of fused-ring (bicyclic) bond motifs is 1. The van der Waals surface area contributed by atoms with Crippen molar-refractivity contribution in [1.29, 1.82) is 0 Å². The first-order valence-corrected chi connectivity index (χ1v) is 13.9. The maximum absolute atomic E-state index is 13.9. The number of aliphatic imine (C=N–C) groups is 1. The number of hydrogen-bond acceptors (Lipinski definition) is 3. The standard InChI is InChI=1S/C34H29N3OS/c1-24-12-11-13-26(20-24)22-36-23-28(30-18-9-10-19-31(30)36)21-32-33(38)37(25(2)27-14-5-3-6-15-27)34(39-32)35-29-16-7-4-8-17-29/h3-21,23,25H,22H2,1-2H3/b32-21+,35-34?/t25-/m0/s1. The number of amidine groups is 1. The summed E-state index contributed by atoms with van der Waals surface area (Å²) < 4.78 is 2.27. The maximum atomic E-state index is 13.9. The normalized spacial score (nSPS) is 16.5. The predicted octanol–water partition coefficient (Wildman–Crippen LogP) is 8.36. The van der Waals surface area contributed by atoms with Gasteiger partial charge in [0.2, 0.25) is 0 Å². The lowest BCUT2D eigenvalue weighted by molar-refractivity contribution is -0.123. The van der Waals surface area contributed by atoms with E-state index in [0.717, 1.165) is 34.3 Å². The Bertz CT molecular complexity index is 1700. The number of para-hydroxylation sites is 2. The number of aromatic nitrogens is 1. The highest BCUT2D eigenvalue weighted by molar-refractivity contribution is 8.18. The molecule has 1 aliphatic heterocycles. The molecule has 1 fully saturated rings. The molecule has 0 N–H and O–H groups in total. The average molecular weight is 528 g/mol. The minimum absolute atomic E-state index is 0.0263. The van der Waals surface area contributed by atoms with E-state index in [2.05, 4.69) is 85.3 Å². The molecule has 0 radical (unpaired) electrons. The van der Waals surface area contributed by atoms with Crippen LogP contribution in [0.2, 0.25) is 0 Å². The van der Waals surface area contributed by atoms with Crippen LogP contribution in [0.15, 0.2) is 125 Å².